The van der Waals surface area contributed by atoms with Crippen LogP contribution in [0.25, 0.3) is 0 Å². The van der Waals surface area contributed by atoms with E-state index in [1.54, 1.807) is 30.3 Å². The maximum Gasteiger partial charge on any atom is 0.272 e. The van der Waals surface area contributed by atoms with Gasteiger partial charge < -0.3 is 0 Å². The summed E-state index contributed by atoms with van der Waals surface area (Å²) in [4.78, 5) is 16.0. The number of para-hydroxylation sites is 1. The van der Waals surface area contributed by atoms with Crippen LogP contribution in [0.1, 0.15) is 6.92 Å². The van der Waals surface area contributed by atoms with E-state index < -0.39 is 15.9 Å². The van der Waals surface area contributed by atoms with E-state index in [4.69, 9.17) is 0 Å². The first-order valence-corrected chi connectivity index (χ1v) is 7.59. The number of pyridine rings is 1. The molecule has 0 saturated heterocycles. The molecule has 2 aromatic rings. The highest BCUT2D eigenvalue weighted by Crippen LogP contribution is 2.24. The van der Waals surface area contributed by atoms with Gasteiger partial charge in [0, 0.05) is 18.0 Å². The van der Waals surface area contributed by atoms with E-state index in [0.29, 0.717) is 0 Å². The molecule has 0 N–H and O–H groups in total. The predicted molar refractivity (Wildman–Crippen MR) is 80.2 cm³/mol. The lowest BCUT2D eigenvalue weighted by Crippen LogP contribution is -2.37. The molecule has 0 fully saturated rings. The SMILES string of the molecule is C=C(C)C(=O)N(c1ccccc1)S(=O)(=O)c1cccnc1. The highest BCUT2D eigenvalue weighted by molar-refractivity contribution is 7.93. The number of aromatic nitrogens is 1. The number of rotatable bonds is 4. The Hall–Kier alpha value is -2.47. The van der Waals surface area contributed by atoms with Gasteiger partial charge in [0.2, 0.25) is 0 Å². The molecule has 0 atom stereocenters. The topological polar surface area (TPSA) is 67.3 Å². The summed E-state index contributed by atoms with van der Waals surface area (Å²) in [6.07, 6.45) is 2.67. The zero-order valence-corrected chi connectivity index (χ0v) is 12.2. The lowest BCUT2D eigenvalue weighted by atomic mass is 10.3. The van der Waals surface area contributed by atoms with E-state index in [-0.39, 0.29) is 16.2 Å². The fourth-order valence-corrected chi connectivity index (χ4v) is 3.14. The van der Waals surface area contributed by atoms with Crippen molar-refractivity contribution in [3.05, 3.63) is 67.0 Å². The molecule has 108 valence electrons. The van der Waals surface area contributed by atoms with E-state index >= 15 is 0 Å². The monoisotopic (exact) mass is 302 g/mol. The molecule has 2 rings (SSSR count). The first-order valence-electron chi connectivity index (χ1n) is 6.15. The van der Waals surface area contributed by atoms with Crippen molar-refractivity contribution in [2.45, 2.75) is 11.8 Å². The number of benzene rings is 1. The number of nitrogens with zero attached hydrogens (tertiary/aromatic N) is 2. The largest absolute Gasteiger partial charge is 0.272 e. The van der Waals surface area contributed by atoms with Crippen molar-refractivity contribution in [1.29, 1.82) is 0 Å². The molecule has 1 heterocycles. The second kappa shape index (κ2) is 5.88. The van der Waals surface area contributed by atoms with E-state index in [1.807, 2.05) is 0 Å². The molecule has 0 aliphatic carbocycles. The van der Waals surface area contributed by atoms with Gasteiger partial charge in [-0.3, -0.25) is 9.78 Å². The first kappa shape index (κ1) is 14.9. The summed E-state index contributed by atoms with van der Waals surface area (Å²) < 4.78 is 26.1. The molecule has 21 heavy (non-hydrogen) atoms. The average molecular weight is 302 g/mol. The quantitative estimate of drug-likeness (QED) is 0.813. The molecule has 0 spiro atoms. The van der Waals surface area contributed by atoms with Crippen molar-refractivity contribution in [2.75, 3.05) is 4.31 Å². The third kappa shape index (κ3) is 3.00. The van der Waals surface area contributed by atoms with Crippen molar-refractivity contribution in [1.82, 2.24) is 4.98 Å². The molecular formula is C15H14N2O3S. The number of hydrogen-bond acceptors (Lipinski definition) is 4. The molecule has 1 aromatic heterocycles. The Morgan fingerprint density at radius 3 is 2.33 bits per heavy atom. The van der Waals surface area contributed by atoms with Gasteiger partial charge in [0.05, 0.1) is 5.69 Å². The summed E-state index contributed by atoms with van der Waals surface area (Å²) in [5, 5.41) is 0. The summed E-state index contributed by atoms with van der Waals surface area (Å²) in [5.41, 5.74) is 0.390. The molecule has 6 heteroatoms. The lowest BCUT2D eigenvalue weighted by Gasteiger charge is -2.22. The van der Waals surface area contributed by atoms with Crippen molar-refractivity contribution in [3.63, 3.8) is 0 Å². The maximum absolute atomic E-state index is 12.7. The second-order valence-electron chi connectivity index (χ2n) is 4.38. The third-order valence-corrected chi connectivity index (χ3v) is 4.41. The standard InChI is InChI=1S/C15H14N2O3S/c1-12(2)15(18)17(13-7-4-3-5-8-13)21(19,20)14-9-6-10-16-11-14/h3-11H,1H2,2H3. The van der Waals surface area contributed by atoms with Gasteiger partial charge in [0.1, 0.15) is 4.90 Å². The molecule has 0 aliphatic rings. The summed E-state index contributed by atoms with van der Waals surface area (Å²) >= 11 is 0. The van der Waals surface area contributed by atoms with Crippen LogP contribution in [0.5, 0.6) is 0 Å². The Kier molecular flexibility index (Phi) is 4.18. The Labute approximate surface area is 123 Å². The molecule has 0 saturated carbocycles. The van der Waals surface area contributed by atoms with Gasteiger partial charge >= 0.3 is 0 Å². The van der Waals surface area contributed by atoms with Crippen LogP contribution in [0.15, 0.2) is 71.9 Å². The first-order chi connectivity index (χ1) is 9.94. The van der Waals surface area contributed by atoms with Gasteiger partial charge in [-0.1, -0.05) is 24.8 Å². The van der Waals surface area contributed by atoms with Gasteiger partial charge in [0.25, 0.3) is 15.9 Å². The van der Waals surface area contributed by atoms with Crippen molar-refractivity contribution >= 4 is 21.6 Å². The number of carbonyl (C=O) groups excluding carboxylic acids is 1. The summed E-state index contributed by atoms with van der Waals surface area (Å²) in [5.74, 6) is -0.676. The van der Waals surface area contributed by atoms with Crippen LogP contribution in [0.2, 0.25) is 0 Å². The number of sulfonamides is 1. The Balaban J connectivity index is 2.61. The van der Waals surface area contributed by atoms with Gasteiger partial charge in [-0.2, -0.15) is 4.31 Å². The van der Waals surface area contributed by atoms with Gasteiger partial charge in [-0.25, -0.2) is 8.42 Å². The van der Waals surface area contributed by atoms with E-state index in [0.717, 1.165) is 4.31 Å². The molecule has 0 unspecified atom stereocenters. The minimum absolute atomic E-state index is 0.0524. The Morgan fingerprint density at radius 1 is 1.14 bits per heavy atom. The lowest BCUT2D eigenvalue weighted by molar-refractivity contribution is -0.113. The van der Waals surface area contributed by atoms with Crippen LogP contribution in [0, 0.1) is 0 Å². The van der Waals surface area contributed by atoms with Crippen LogP contribution in [-0.2, 0) is 14.8 Å². The Bertz CT molecular complexity index is 756. The zero-order chi connectivity index (χ0) is 15.5. The van der Waals surface area contributed by atoms with Crippen molar-refractivity contribution in [3.8, 4) is 0 Å². The minimum Gasteiger partial charge on any atom is -0.268 e. The number of amides is 1. The maximum atomic E-state index is 12.7. The van der Waals surface area contributed by atoms with Crippen molar-refractivity contribution in [2.24, 2.45) is 0 Å². The fourth-order valence-electron chi connectivity index (χ4n) is 1.71. The van der Waals surface area contributed by atoms with E-state index in [1.165, 1.54) is 31.5 Å². The number of hydrogen-bond donors (Lipinski definition) is 0. The van der Waals surface area contributed by atoms with Gasteiger partial charge in [-0.15, -0.1) is 0 Å². The fraction of sp³-hybridized carbons (Fsp3) is 0.0667. The Morgan fingerprint density at radius 2 is 1.81 bits per heavy atom. The number of anilines is 1. The normalized spacial score (nSPS) is 10.9. The highest BCUT2D eigenvalue weighted by atomic mass is 32.2. The molecule has 0 bridgehead atoms. The van der Waals surface area contributed by atoms with E-state index in [9.17, 15) is 13.2 Å². The molecule has 5 nitrogen and oxygen atoms in total. The van der Waals surface area contributed by atoms with Crippen LogP contribution >= 0.6 is 0 Å². The second-order valence-corrected chi connectivity index (χ2v) is 6.17. The molecule has 0 radical (unpaired) electrons. The predicted octanol–water partition coefficient (Wildman–Crippen LogP) is 2.38. The molecule has 1 aromatic carbocycles. The van der Waals surface area contributed by atoms with Crippen LogP contribution < -0.4 is 4.31 Å². The highest BCUT2D eigenvalue weighted by Gasteiger charge is 2.31. The average Bonchev–Trinajstić information content (AvgIpc) is 2.49. The van der Waals surface area contributed by atoms with Gasteiger partial charge in [-0.05, 0) is 31.2 Å². The van der Waals surface area contributed by atoms with Crippen LogP contribution in [-0.4, -0.2) is 19.3 Å². The molecule has 1 amide bonds. The summed E-state index contributed by atoms with van der Waals surface area (Å²) in [6, 6.07) is 11.1. The van der Waals surface area contributed by atoms with Crippen molar-refractivity contribution < 1.29 is 13.2 Å². The zero-order valence-electron chi connectivity index (χ0n) is 11.4. The van der Waals surface area contributed by atoms with Crippen LogP contribution in [0.4, 0.5) is 5.69 Å². The third-order valence-electron chi connectivity index (χ3n) is 2.71. The summed E-state index contributed by atoms with van der Waals surface area (Å²) in [6.45, 7) is 5.01. The van der Waals surface area contributed by atoms with E-state index in [2.05, 4.69) is 11.6 Å². The number of carbonyl (C=O) groups is 1. The smallest absolute Gasteiger partial charge is 0.268 e. The molecule has 0 aliphatic heterocycles. The van der Waals surface area contributed by atoms with Crippen LogP contribution in [0.3, 0.4) is 0 Å². The minimum atomic E-state index is -4.04. The molecular weight excluding hydrogens is 288 g/mol. The van der Waals surface area contributed by atoms with Gasteiger partial charge in [0.15, 0.2) is 0 Å². The summed E-state index contributed by atoms with van der Waals surface area (Å²) in [7, 11) is -4.04.